The molecule has 2 aliphatic heterocycles. The maximum Gasteiger partial charge on any atom is 0.418 e. The molecule has 4 unspecified atom stereocenters. The second kappa shape index (κ2) is 17.2. The zero-order valence-electron chi connectivity index (χ0n) is 26.9. The van der Waals surface area contributed by atoms with Crippen LogP contribution in [0, 0.1) is 10.1 Å². The minimum atomic E-state index is -0.948. The van der Waals surface area contributed by atoms with Crippen LogP contribution in [0.4, 0.5) is 10.5 Å². The van der Waals surface area contributed by atoms with Crippen LogP contribution >= 0.6 is 0 Å². The Morgan fingerprint density at radius 2 is 1.74 bits per heavy atom. The van der Waals surface area contributed by atoms with Crippen molar-refractivity contribution in [2.24, 2.45) is 0 Å². The van der Waals surface area contributed by atoms with Crippen molar-refractivity contribution in [1.82, 2.24) is 10.2 Å². The number of benzene rings is 2. The van der Waals surface area contributed by atoms with Gasteiger partial charge in [0.15, 0.2) is 12.1 Å². The average Bonchev–Trinajstić information content (AvgIpc) is 3.49. The minimum absolute atomic E-state index is 0.0293. The van der Waals surface area contributed by atoms with Crippen molar-refractivity contribution >= 4 is 29.6 Å². The summed E-state index contributed by atoms with van der Waals surface area (Å²) in [5.74, 6) is -1.09. The van der Waals surface area contributed by atoms with Crippen LogP contribution in [0.25, 0.3) is 0 Å². The van der Waals surface area contributed by atoms with E-state index in [-0.39, 0.29) is 36.9 Å². The fraction of sp³-hybridized carbons (Fsp3) is 0.471. The number of allylic oxidation sites excluding steroid dienone is 2. The summed E-state index contributed by atoms with van der Waals surface area (Å²) in [5, 5.41) is 13.9. The first-order chi connectivity index (χ1) is 22.7. The zero-order chi connectivity index (χ0) is 33.8. The molecule has 0 aliphatic carbocycles. The zero-order valence-corrected chi connectivity index (χ0v) is 26.9. The second-order valence-electron chi connectivity index (χ2n) is 11.6. The summed E-state index contributed by atoms with van der Waals surface area (Å²) in [6.07, 6.45) is 7.68. The van der Waals surface area contributed by atoms with E-state index >= 15 is 0 Å². The van der Waals surface area contributed by atoms with Crippen molar-refractivity contribution < 1.29 is 43.2 Å². The molecular formula is C34H43N4O9+. The second-order valence-corrected chi connectivity index (χ2v) is 11.6. The Morgan fingerprint density at radius 1 is 1.02 bits per heavy atom. The lowest BCUT2D eigenvalue weighted by molar-refractivity contribution is -0.824. The van der Waals surface area contributed by atoms with Crippen LogP contribution in [-0.2, 0) is 25.6 Å². The molecule has 2 aromatic carbocycles. The summed E-state index contributed by atoms with van der Waals surface area (Å²) in [6.45, 7) is 2.64. The van der Waals surface area contributed by atoms with Crippen molar-refractivity contribution in [1.29, 1.82) is 0 Å². The highest BCUT2D eigenvalue weighted by Crippen LogP contribution is 2.18. The maximum absolute atomic E-state index is 14.3. The van der Waals surface area contributed by atoms with Gasteiger partial charge in [-0.25, -0.2) is 19.3 Å². The van der Waals surface area contributed by atoms with Gasteiger partial charge in [-0.1, -0.05) is 30.7 Å². The molecule has 3 amide bonds. The molecule has 252 valence electrons. The molecule has 1 fully saturated rings. The number of methoxy groups -OCH3 is 1. The lowest BCUT2D eigenvalue weighted by Gasteiger charge is -2.28. The fourth-order valence-corrected chi connectivity index (χ4v) is 5.82. The smallest absolute Gasteiger partial charge is 0.418 e. The van der Waals surface area contributed by atoms with Crippen molar-refractivity contribution in [3.63, 3.8) is 0 Å². The largest absolute Gasteiger partial charge is 0.497 e. The molecule has 0 spiro atoms. The number of non-ortho nitro benzene ring substituents is 1. The maximum atomic E-state index is 14.3. The number of amides is 3. The van der Waals surface area contributed by atoms with Gasteiger partial charge in [-0.05, 0) is 68.9 Å². The van der Waals surface area contributed by atoms with Crippen LogP contribution in [0.3, 0.4) is 0 Å². The van der Waals surface area contributed by atoms with Crippen LogP contribution < -0.4 is 15.0 Å². The normalized spacial score (nSPS) is 22.6. The van der Waals surface area contributed by atoms with E-state index in [1.807, 2.05) is 30.3 Å². The first kappa shape index (κ1) is 35.1. The molecule has 1 saturated heterocycles. The summed E-state index contributed by atoms with van der Waals surface area (Å²) < 4.78 is 16.3. The number of fused-ring (bicyclic) bond motifs is 1. The molecule has 2 heterocycles. The number of carbonyl (C=O) groups excluding carboxylic acids is 4. The van der Waals surface area contributed by atoms with Gasteiger partial charge < -0.3 is 19.5 Å². The Balaban J connectivity index is 1.61. The Morgan fingerprint density at radius 3 is 2.43 bits per heavy atom. The average molecular weight is 652 g/mol. The molecule has 2 N–H and O–H groups in total. The summed E-state index contributed by atoms with van der Waals surface area (Å²) in [4.78, 5) is 66.5. The monoisotopic (exact) mass is 651 g/mol. The lowest BCUT2D eigenvalue weighted by Crippen LogP contribution is -3.19. The van der Waals surface area contributed by atoms with E-state index in [2.05, 4.69) is 11.4 Å². The van der Waals surface area contributed by atoms with Gasteiger partial charge >= 0.3 is 18.0 Å². The molecule has 0 bridgehead atoms. The Hall–Kier alpha value is -4.78. The van der Waals surface area contributed by atoms with Crippen molar-refractivity contribution in [2.45, 2.75) is 76.6 Å². The number of carbonyl (C=O) groups is 4. The number of nitro groups is 1. The Kier molecular flexibility index (Phi) is 12.9. The van der Waals surface area contributed by atoms with E-state index in [4.69, 9.17) is 14.2 Å². The highest BCUT2D eigenvalue weighted by Gasteiger charge is 2.48. The Labute approximate surface area is 274 Å². The van der Waals surface area contributed by atoms with Crippen LogP contribution in [0.15, 0.2) is 60.7 Å². The van der Waals surface area contributed by atoms with Crippen LogP contribution in [0.2, 0.25) is 0 Å². The number of nitrogens with one attached hydrogen (secondary N) is 2. The predicted octanol–water partition coefficient (Wildman–Crippen LogP) is 3.37. The van der Waals surface area contributed by atoms with Gasteiger partial charge in [0.2, 0.25) is 0 Å². The molecular weight excluding hydrogens is 608 g/mol. The standard InChI is InChI=1S/C34H42N4O9/c1-3-46-33(41)29-11-9-7-5-4-6-8-10-20-36(22-24-12-18-27(45-2)19-13-24)34(42)37-23-28(21-30(37)31(39)35-29)47-32(40)25-14-16-26(17-15-25)38(43)44/h5,7,12-19,28-30H,3-4,6,8-11,20-23H2,1-2H3,(H,35,39)/p+1. The van der Waals surface area contributed by atoms with Crippen molar-refractivity contribution in [3.05, 3.63) is 81.9 Å². The molecule has 2 aromatic rings. The summed E-state index contributed by atoms with van der Waals surface area (Å²) in [7, 11) is 1.58. The number of quaternary nitrogens is 1. The third kappa shape index (κ3) is 9.85. The summed E-state index contributed by atoms with van der Waals surface area (Å²) in [5.41, 5.74) is 0.831. The van der Waals surface area contributed by atoms with E-state index in [1.54, 1.807) is 18.9 Å². The van der Waals surface area contributed by atoms with Crippen LogP contribution in [0.5, 0.6) is 5.75 Å². The van der Waals surface area contributed by atoms with Crippen LogP contribution in [-0.4, -0.2) is 78.7 Å². The number of ether oxygens (including phenoxy) is 3. The van der Waals surface area contributed by atoms with E-state index in [0.717, 1.165) is 31.2 Å². The number of nitro benzene ring substituents is 1. The third-order valence-electron chi connectivity index (χ3n) is 8.34. The summed E-state index contributed by atoms with van der Waals surface area (Å²) in [6, 6.07) is 10.3. The number of hydrogen-bond donors (Lipinski definition) is 2. The topological polar surface area (TPSA) is 159 Å². The predicted molar refractivity (Wildman–Crippen MR) is 171 cm³/mol. The summed E-state index contributed by atoms with van der Waals surface area (Å²) >= 11 is 0. The molecule has 13 heteroatoms. The molecule has 4 rings (SSSR count). The van der Waals surface area contributed by atoms with E-state index in [0.29, 0.717) is 36.6 Å². The highest BCUT2D eigenvalue weighted by molar-refractivity contribution is 5.90. The van der Waals surface area contributed by atoms with Crippen LogP contribution in [0.1, 0.15) is 67.8 Å². The molecule has 0 aromatic heterocycles. The number of nitrogens with zero attached hydrogens (tertiary/aromatic N) is 2. The van der Waals surface area contributed by atoms with Gasteiger partial charge in [-0.2, -0.15) is 0 Å². The molecule has 2 aliphatic rings. The highest BCUT2D eigenvalue weighted by atomic mass is 16.6. The van der Waals surface area contributed by atoms with Crippen molar-refractivity contribution in [3.8, 4) is 5.75 Å². The minimum Gasteiger partial charge on any atom is -0.497 e. The van der Waals surface area contributed by atoms with Gasteiger partial charge in [0, 0.05) is 18.7 Å². The Bertz CT molecular complexity index is 1430. The number of esters is 2. The van der Waals surface area contributed by atoms with Gasteiger partial charge in [0.1, 0.15) is 18.3 Å². The quantitative estimate of drug-likeness (QED) is 0.189. The SMILES string of the molecule is CCOC(=O)C1CCC=CCCCCCN(Cc2ccc(OC)cc2)C(=O)[NH+]2CC(OC(=O)c3ccc([N+](=O)[O-])cc3)CC2C(=O)N1. The van der Waals surface area contributed by atoms with Crippen molar-refractivity contribution in [2.75, 3.05) is 26.8 Å². The third-order valence-corrected chi connectivity index (χ3v) is 8.34. The number of rotatable bonds is 8. The first-order valence-corrected chi connectivity index (χ1v) is 16.1. The van der Waals surface area contributed by atoms with Gasteiger partial charge in [0.05, 0.1) is 37.2 Å². The number of hydrogen-bond acceptors (Lipinski definition) is 9. The van der Waals surface area contributed by atoms with Gasteiger partial charge in [0.25, 0.3) is 11.6 Å². The molecule has 47 heavy (non-hydrogen) atoms. The first-order valence-electron chi connectivity index (χ1n) is 16.1. The lowest BCUT2D eigenvalue weighted by atomic mass is 10.1. The molecule has 4 atom stereocenters. The van der Waals surface area contributed by atoms with E-state index < -0.39 is 41.0 Å². The number of urea groups is 1. The van der Waals surface area contributed by atoms with Gasteiger partial charge in [-0.15, -0.1) is 0 Å². The van der Waals surface area contributed by atoms with E-state index in [9.17, 15) is 29.3 Å². The molecule has 13 nitrogen and oxygen atoms in total. The van der Waals surface area contributed by atoms with E-state index in [1.165, 1.54) is 24.3 Å². The molecule has 0 saturated carbocycles. The molecule has 0 radical (unpaired) electrons. The fourth-order valence-electron chi connectivity index (χ4n) is 5.82. The van der Waals surface area contributed by atoms with Gasteiger partial charge in [-0.3, -0.25) is 19.8 Å².